The van der Waals surface area contributed by atoms with Crippen molar-refractivity contribution in [3.05, 3.63) is 119 Å². The predicted molar refractivity (Wildman–Crippen MR) is 227 cm³/mol. The van der Waals surface area contributed by atoms with E-state index in [1.54, 1.807) is 120 Å². The van der Waals surface area contributed by atoms with Crippen LogP contribution < -0.4 is 5.32 Å². The van der Waals surface area contributed by atoms with Crippen LogP contribution in [0.25, 0.3) is 0 Å². The number of hydrogen-bond donors (Lipinski definition) is 3. The Morgan fingerprint density at radius 1 is 0.875 bits per heavy atom. The molecule has 11 atom stereocenters. The van der Waals surface area contributed by atoms with E-state index < -0.39 is 113 Å². The van der Waals surface area contributed by atoms with Gasteiger partial charge in [0.25, 0.3) is 5.91 Å². The van der Waals surface area contributed by atoms with Crippen molar-refractivity contribution in [1.82, 2.24) is 5.32 Å². The van der Waals surface area contributed by atoms with Crippen molar-refractivity contribution < 1.29 is 67.4 Å². The van der Waals surface area contributed by atoms with Crippen LogP contribution in [0.1, 0.15) is 93.6 Å². The van der Waals surface area contributed by atoms with Gasteiger partial charge in [0.1, 0.15) is 35.8 Å². The number of ketones is 1. The molecule has 1 unspecified atom stereocenters. The third-order valence-corrected chi connectivity index (χ3v) is 14.0. The summed E-state index contributed by atoms with van der Waals surface area (Å²) in [6.45, 7) is 10.7. The van der Waals surface area contributed by atoms with Crippen molar-refractivity contribution >= 4 is 35.8 Å². The number of fused-ring (bicyclic) bond motifs is 5. The lowest BCUT2D eigenvalue weighted by Crippen LogP contribution is -2.81. The Morgan fingerprint density at radius 2 is 1.47 bits per heavy atom. The van der Waals surface area contributed by atoms with Gasteiger partial charge in [-0.2, -0.15) is 0 Å². The maximum atomic E-state index is 15.7. The standard InChI is InChI=1S/C49H55NO14/c1-8-59-45(57)62-34-24-35-48(26-60-35,64-29(4)51)39-41(63-43(55)32-22-16-11-17-23-32)49(58)25-33(27(2)36(46(49,5)6)28(3)40(53)47(34,39)7)61-44(56)38(52)37(30-18-12-9-13-19-30)50-42(54)31-20-14-10-15-21-31/h9-23,28,33-35,37-39,41,52,58H,8,24-26H2,1-7H3,(H,50,54)/t28-,33+,34+,35-,37+,38-,39?,41+,47-,48+,49-/m1/s1. The molecule has 3 aliphatic carbocycles. The van der Waals surface area contributed by atoms with E-state index in [1.165, 1.54) is 19.1 Å². The van der Waals surface area contributed by atoms with Gasteiger partial charge >= 0.3 is 24.1 Å². The average Bonchev–Trinajstić information content (AvgIpc) is 3.26. The van der Waals surface area contributed by atoms with Crippen molar-refractivity contribution in [1.29, 1.82) is 0 Å². The molecule has 1 amide bonds. The molecule has 0 radical (unpaired) electrons. The molecular weight excluding hydrogens is 827 g/mol. The van der Waals surface area contributed by atoms with Gasteiger partial charge in [0.15, 0.2) is 11.7 Å². The molecule has 15 nitrogen and oxygen atoms in total. The summed E-state index contributed by atoms with van der Waals surface area (Å²) in [5.74, 6) is -6.39. The zero-order valence-electron chi connectivity index (χ0n) is 36.9. The molecule has 0 spiro atoms. The molecular formula is C49H55NO14. The number of aliphatic hydroxyl groups is 2. The molecule has 4 aliphatic rings. The molecule has 3 fully saturated rings. The minimum Gasteiger partial charge on any atom is -0.456 e. The molecule has 0 aromatic heterocycles. The number of ether oxygens (including phenoxy) is 6. The maximum absolute atomic E-state index is 15.7. The van der Waals surface area contributed by atoms with Gasteiger partial charge in [-0.05, 0) is 61.7 Å². The van der Waals surface area contributed by atoms with Crippen molar-refractivity contribution in [2.24, 2.45) is 22.7 Å². The molecule has 1 heterocycles. The second-order valence-corrected chi connectivity index (χ2v) is 17.9. The minimum atomic E-state index is -2.26. The van der Waals surface area contributed by atoms with Gasteiger partial charge in [0.05, 0.1) is 36.2 Å². The summed E-state index contributed by atoms with van der Waals surface area (Å²) in [7, 11) is 0. The lowest BCUT2D eigenvalue weighted by molar-refractivity contribution is -0.345. The van der Waals surface area contributed by atoms with Crippen LogP contribution in [0.2, 0.25) is 0 Å². The van der Waals surface area contributed by atoms with Crippen molar-refractivity contribution in [3.63, 3.8) is 0 Å². The van der Waals surface area contributed by atoms with E-state index in [0.717, 1.165) is 0 Å². The Labute approximate surface area is 371 Å². The first-order valence-electron chi connectivity index (χ1n) is 21.5. The largest absolute Gasteiger partial charge is 0.508 e. The average molecular weight is 882 g/mol. The number of nitrogens with one attached hydrogen (secondary N) is 1. The highest BCUT2D eigenvalue weighted by Gasteiger charge is 2.78. The van der Waals surface area contributed by atoms with Gasteiger partial charge in [-0.25, -0.2) is 14.4 Å². The topological polar surface area (TPSA) is 210 Å². The first kappa shape index (κ1) is 46.1. The van der Waals surface area contributed by atoms with Crippen LogP contribution in [0.3, 0.4) is 0 Å². The van der Waals surface area contributed by atoms with Crippen LogP contribution >= 0.6 is 0 Å². The predicted octanol–water partition coefficient (Wildman–Crippen LogP) is 5.62. The number of hydrogen-bond acceptors (Lipinski definition) is 14. The number of aliphatic hydroxyl groups excluding tert-OH is 1. The molecule has 1 saturated heterocycles. The summed E-state index contributed by atoms with van der Waals surface area (Å²) in [5.41, 5.74) is -5.74. The van der Waals surface area contributed by atoms with Crippen LogP contribution in [0, 0.1) is 22.7 Å². The number of rotatable bonds is 11. The number of esters is 3. The maximum Gasteiger partial charge on any atom is 0.508 e. The van der Waals surface area contributed by atoms with Gasteiger partial charge in [-0.15, -0.1) is 0 Å². The molecule has 2 saturated carbocycles. The van der Waals surface area contributed by atoms with Crippen molar-refractivity contribution in [2.75, 3.05) is 13.2 Å². The third kappa shape index (κ3) is 7.77. The van der Waals surface area contributed by atoms with E-state index in [2.05, 4.69) is 5.32 Å². The Kier molecular flexibility index (Phi) is 12.7. The third-order valence-electron chi connectivity index (χ3n) is 14.0. The fourth-order valence-electron chi connectivity index (χ4n) is 10.9. The van der Waals surface area contributed by atoms with E-state index >= 15 is 4.79 Å². The number of benzene rings is 3. The van der Waals surface area contributed by atoms with Gasteiger partial charge in [0, 0.05) is 36.7 Å². The summed E-state index contributed by atoms with van der Waals surface area (Å²) in [6, 6.07) is 23.3. The smallest absolute Gasteiger partial charge is 0.456 e. The van der Waals surface area contributed by atoms with Crippen LogP contribution in [0.4, 0.5) is 4.79 Å². The van der Waals surface area contributed by atoms with Gasteiger partial charge < -0.3 is 44.0 Å². The van der Waals surface area contributed by atoms with E-state index in [4.69, 9.17) is 28.4 Å². The molecule has 3 aromatic rings. The molecule has 1 aliphatic heterocycles. The summed E-state index contributed by atoms with van der Waals surface area (Å²) >= 11 is 0. The van der Waals surface area contributed by atoms with Crippen LogP contribution in [0.15, 0.2) is 102 Å². The Hall–Kier alpha value is -5.90. The molecule has 7 rings (SSSR count). The second kappa shape index (κ2) is 17.6. The Bertz CT molecular complexity index is 2320. The van der Waals surface area contributed by atoms with Crippen molar-refractivity contribution in [3.8, 4) is 0 Å². The highest BCUT2D eigenvalue weighted by Crippen LogP contribution is 2.65. The van der Waals surface area contributed by atoms with Crippen LogP contribution in [-0.2, 0) is 42.8 Å². The van der Waals surface area contributed by atoms with E-state index in [-0.39, 0.29) is 30.8 Å². The van der Waals surface area contributed by atoms with Gasteiger partial charge in [-0.3, -0.25) is 14.4 Å². The summed E-state index contributed by atoms with van der Waals surface area (Å²) < 4.78 is 36.0. The Morgan fingerprint density at radius 3 is 2.03 bits per heavy atom. The van der Waals surface area contributed by atoms with Crippen LogP contribution in [0.5, 0.6) is 0 Å². The highest BCUT2D eigenvalue weighted by molar-refractivity contribution is 5.95. The first-order valence-corrected chi connectivity index (χ1v) is 21.5. The molecule has 2 bridgehead atoms. The van der Waals surface area contributed by atoms with E-state index in [0.29, 0.717) is 16.7 Å². The quantitative estimate of drug-likeness (QED) is 0.121. The molecule has 64 heavy (non-hydrogen) atoms. The Balaban J connectivity index is 1.37. The lowest BCUT2D eigenvalue weighted by Gasteiger charge is -2.67. The number of amides is 1. The molecule has 3 aromatic carbocycles. The minimum absolute atomic E-state index is 0.0367. The SMILES string of the molecule is CCOC(=O)O[C@H]1C[C@H]2OC[C@@]2(OC(C)=O)C2[C@H](OC(=O)c3ccccc3)[C@]3(O)C[C@H](OC(=O)[C@H](O)[C@@H](NC(=O)c4ccccc4)c4ccccc4)C(C)=C([C@@H](C)C(=O)[C@@]21C)C3(C)C. The monoisotopic (exact) mass is 881 g/mol. The lowest BCUT2D eigenvalue weighted by atomic mass is 9.43. The number of Topliss-reactive ketones (excluding diaryl/α,β-unsaturated/α-hetero) is 1. The molecule has 3 N–H and O–H groups in total. The number of carbonyl (C=O) groups is 6. The fourth-order valence-corrected chi connectivity index (χ4v) is 10.9. The second-order valence-electron chi connectivity index (χ2n) is 17.9. The fraction of sp³-hybridized carbons (Fsp3) is 0.469. The summed E-state index contributed by atoms with van der Waals surface area (Å²) in [6.07, 6.45) is -9.00. The van der Waals surface area contributed by atoms with Crippen LogP contribution in [-0.4, -0.2) is 101 Å². The summed E-state index contributed by atoms with van der Waals surface area (Å²) in [5, 5.41) is 28.4. The van der Waals surface area contributed by atoms with E-state index in [9.17, 15) is 34.2 Å². The number of carbonyl (C=O) groups excluding carboxylic acids is 6. The van der Waals surface area contributed by atoms with Gasteiger partial charge in [-0.1, -0.05) is 87.5 Å². The van der Waals surface area contributed by atoms with Crippen molar-refractivity contribution in [2.45, 2.75) is 109 Å². The first-order chi connectivity index (χ1) is 30.3. The molecule has 15 heteroatoms. The normalized spacial score (nSPS) is 31.2. The van der Waals surface area contributed by atoms with E-state index in [1.807, 2.05) is 0 Å². The molecule has 340 valence electrons. The zero-order valence-corrected chi connectivity index (χ0v) is 36.9. The highest BCUT2D eigenvalue weighted by atomic mass is 16.7. The zero-order chi connectivity index (χ0) is 46.4. The van der Waals surface area contributed by atoms with Gasteiger partial charge in [0.2, 0.25) is 0 Å². The summed E-state index contributed by atoms with van der Waals surface area (Å²) in [4.78, 5) is 84.2.